The van der Waals surface area contributed by atoms with Gasteiger partial charge in [-0.3, -0.25) is 0 Å². The Hall–Kier alpha value is -0.320. The molecule has 1 unspecified atom stereocenters. The molecule has 0 aromatic rings. The van der Waals surface area contributed by atoms with Gasteiger partial charge in [-0.15, -0.1) is 0 Å². The van der Waals surface area contributed by atoms with Crippen LogP contribution in [0.2, 0.25) is 0 Å². The fraction of sp³-hybridized carbons (Fsp3) is 1.00. The summed E-state index contributed by atoms with van der Waals surface area (Å²) in [7, 11) is 0. The van der Waals surface area contributed by atoms with E-state index in [1.54, 1.807) is 0 Å². The van der Waals surface area contributed by atoms with Crippen LogP contribution in [-0.2, 0) is 0 Å². The molecule has 0 saturated carbocycles. The Bertz CT molecular complexity index is 803. The maximum absolute atomic E-state index is 14.2. The zero-order chi connectivity index (χ0) is 32.4. The summed E-state index contributed by atoms with van der Waals surface area (Å²) in [6.07, 6.45) is -8.75. The summed E-state index contributed by atoms with van der Waals surface area (Å²) >= 11 is 16.6. The van der Waals surface area contributed by atoms with Crippen molar-refractivity contribution in [2.45, 2.75) is 116 Å². The summed E-state index contributed by atoms with van der Waals surface area (Å²) < 4.78 is 225. The normalized spacial score (nSPS) is 16.4. The van der Waals surface area contributed by atoms with Gasteiger partial charge in [0.05, 0.1) is 0 Å². The highest BCUT2D eigenvalue weighted by Crippen LogP contribution is 2.64. The molecule has 0 radical (unpaired) electrons. The molecule has 0 rings (SSSR count). The largest absolute Gasteiger partial charge is 0.460 e. The Morgan fingerprint density at radius 1 is 0.450 bits per heavy atom. The van der Waals surface area contributed by atoms with Gasteiger partial charge in [0.25, 0.3) is 0 Å². The predicted molar refractivity (Wildman–Crippen MR) is 112 cm³/mol. The van der Waals surface area contributed by atoms with Crippen LogP contribution >= 0.6 is 34.8 Å². The maximum atomic E-state index is 14.2. The molecule has 0 saturated heterocycles. The van der Waals surface area contributed by atoms with Crippen molar-refractivity contribution < 1.29 is 74.6 Å². The number of hydrogen-bond acceptors (Lipinski definition) is 0. The van der Waals surface area contributed by atoms with E-state index in [0.717, 1.165) is 19.3 Å². The van der Waals surface area contributed by atoms with Crippen LogP contribution < -0.4 is 0 Å². The third kappa shape index (κ3) is 7.42. The van der Waals surface area contributed by atoms with Gasteiger partial charge in [-0.05, 0) is 12.8 Å². The van der Waals surface area contributed by atoms with Crippen molar-refractivity contribution in [1.82, 2.24) is 0 Å². The van der Waals surface area contributed by atoms with Crippen molar-refractivity contribution in [3.8, 4) is 0 Å². The first-order valence-electron chi connectivity index (χ1n) is 11.2. The summed E-state index contributed by atoms with van der Waals surface area (Å²) in [5.74, 6) is -58.2. The van der Waals surface area contributed by atoms with E-state index in [4.69, 9.17) is 34.8 Å². The smallest absolute Gasteiger partial charge is 0.200 e. The molecule has 20 heteroatoms. The summed E-state index contributed by atoms with van der Waals surface area (Å²) in [6.45, 7) is 1.87. The number of hydrogen-bond donors (Lipinski definition) is 0. The average molecular weight is 692 g/mol. The van der Waals surface area contributed by atoms with Crippen LogP contribution in [0.4, 0.5) is 74.6 Å². The molecule has 0 bridgehead atoms. The summed E-state index contributed by atoms with van der Waals surface area (Å²) in [5, 5.41) is 0. The molecule has 0 heterocycles. The number of alkyl halides is 20. The van der Waals surface area contributed by atoms with Gasteiger partial charge >= 0.3 is 47.6 Å². The molecular formula is C20H22Cl3F17. The van der Waals surface area contributed by atoms with Crippen molar-refractivity contribution in [1.29, 1.82) is 0 Å². The van der Waals surface area contributed by atoms with Crippen LogP contribution in [0.1, 0.15) is 64.7 Å². The highest BCUT2D eigenvalue weighted by Gasteiger charge is 2.95. The zero-order valence-electron chi connectivity index (χ0n) is 20.0. The fourth-order valence-corrected chi connectivity index (χ4v) is 4.01. The van der Waals surface area contributed by atoms with E-state index in [2.05, 4.69) is 0 Å². The second-order valence-electron chi connectivity index (χ2n) is 8.98. The highest BCUT2D eigenvalue weighted by molar-refractivity contribution is 6.67. The first-order chi connectivity index (χ1) is 17.4. The molecule has 40 heavy (non-hydrogen) atoms. The Morgan fingerprint density at radius 2 is 0.800 bits per heavy atom. The lowest BCUT2D eigenvalue weighted by Crippen LogP contribution is -2.74. The number of halogens is 20. The van der Waals surface area contributed by atoms with Crippen LogP contribution in [0.3, 0.4) is 0 Å². The van der Waals surface area contributed by atoms with Crippen molar-refractivity contribution in [2.24, 2.45) is 5.92 Å². The predicted octanol–water partition coefficient (Wildman–Crippen LogP) is 11.5. The van der Waals surface area contributed by atoms with Gasteiger partial charge < -0.3 is 0 Å². The molecule has 0 N–H and O–H groups in total. The van der Waals surface area contributed by atoms with Crippen LogP contribution in [-0.4, -0.2) is 51.4 Å². The minimum atomic E-state index is -8.65. The summed E-state index contributed by atoms with van der Waals surface area (Å²) in [4.78, 5) is 0. The average Bonchev–Trinajstić information content (AvgIpc) is 2.75. The minimum absolute atomic E-state index is 0.104. The van der Waals surface area contributed by atoms with Crippen molar-refractivity contribution in [3.63, 3.8) is 0 Å². The Balaban J connectivity index is 6.15. The van der Waals surface area contributed by atoms with Crippen LogP contribution in [0.25, 0.3) is 0 Å². The number of unbranched alkanes of at least 4 members (excludes halogenated alkanes) is 5. The third-order valence-electron chi connectivity index (χ3n) is 5.96. The van der Waals surface area contributed by atoms with E-state index < -0.39 is 70.2 Å². The standard InChI is InChI=1S/C20H22Cl3F17/c1-2-3-4-5-6-7-8-11(13(21,22)23)9-10-12(24,25)14(26,27)15(28,29)16(30,31)17(32,33)18(34,35)19(36,37)20(38,39)40/h11H,2-10H2,1H3. The van der Waals surface area contributed by atoms with E-state index in [0.29, 0.717) is 12.8 Å². The minimum Gasteiger partial charge on any atom is -0.200 e. The van der Waals surface area contributed by atoms with Crippen LogP contribution in [0.5, 0.6) is 0 Å². The van der Waals surface area contributed by atoms with Gasteiger partial charge in [-0.2, -0.15) is 74.6 Å². The number of rotatable bonds is 16. The molecule has 0 aliphatic carbocycles. The maximum Gasteiger partial charge on any atom is 0.460 e. The first kappa shape index (κ1) is 39.7. The fourth-order valence-electron chi connectivity index (χ4n) is 3.35. The molecule has 0 aliphatic heterocycles. The first-order valence-corrected chi connectivity index (χ1v) is 12.3. The summed E-state index contributed by atoms with van der Waals surface area (Å²) in [6, 6.07) is 0. The Labute approximate surface area is 231 Å². The molecule has 0 amide bonds. The monoisotopic (exact) mass is 690 g/mol. The molecule has 0 aromatic carbocycles. The van der Waals surface area contributed by atoms with E-state index in [-0.39, 0.29) is 12.8 Å². The molecule has 0 nitrogen and oxygen atoms in total. The van der Waals surface area contributed by atoms with E-state index in [9.17, 15) is 74.6 Å². The Morgan fingerprint density at radius 3 is 1.18 bits per heavy atom. The lowest BCUT2D eigenvalue weighted by molar-refractivity contribution is -0.461. The van der Waals surface area contributed by atoms with Crippen molar-refractivity contribution in [3.05, 3.63) is 0 Å². The SMILES string of the molecule is CCCCCCCCC(CCC(F)(F)C(F)(F)C(F)(F)C(F)(F)C(F)(F)C(F)(F)C(F)(F)C(F)(F)F)C(Cl)(Cl)Cl. The Kier molecular flexibility index (Phi) is 12.6. The summed E-state index contributed by atoms with van der Waals surface area (Å²) in [5.41, 5.74) is 0. The van der Waals surface area contributed by atoms with Gasteiger partial charge in [-0.1, -0.05) is 80.3 Å². The molecule has 0 spiro atoms. The zero-order valence-corrected chi connectivity index (χ0v) is 22.3. The molecule has 0 fully saturated rings. The lowest BCUT2D eigenvalue weighted by Gasteiger charge is -2.43. The molecule has 0 aliphatic rings. The lowest BCUT2D eigenvalue weighted by atomic mass is 9.86. The second-order valence-corrected chi connectivity index (χ2v) is 11.4. The van der Waals surface area contributed by atoms with Gasteiger partial charge in [0.1, 0.15) is 0 Å². The topological polar surface area (TPSA) is 0 Å². The third-order valence-corrected chi connectivity index (χ3v) is 6.89. The van der Waals surface area contributed by atoms with Gasteiger partial charge in [0.2, 0.25) is 0 Å². The quantitative estimate of drug-likeness (QED) is 0.0859. The van der Waals surface area contributed by atoms with Crippen molar-refractivity contribution >= 4 is 34.8 Å². The van der Waals surface area contributed by atoms with E-state index in [1.165, 1.54) is 0 Å². The van der Waals surface area contributed by atoms with Crippen LogP contribution in [0.15, 0.2) is 0 Å². The van der Waals surface area contributed by atoms with Crippen molar-refractivity contribution in [2.75, 3.05) is 0 Å². The molecule has 242 valence electrons. The van der Waals surface area contributed by atoms with Gasteiger partial charge in [0.15, 0.2) is 3.79 Å². The molecule has 1 atom stereocenters. The molecule has 0 aromatic heterocycles. The van der Waals surface area contributed by atoms with E-state index >= 15 is 0 Å². The molecular weight excluding hydrogens is 670 g/mol. The highest BCUT2D eigenvalue weighted by atomic mass is 35.6. The van der Waals surface area contributed by atoms with Gasteiger partial charge in [-0.25, -0.2) is 0 Å². The van der Waals surface area contributed by atoms with Gasteiger partial charge in [0, 0.05) is 12.3 Å². The van der Waals surface area contributed by atoms with E-state index in [1.807, 2.05) is 6.92 Å². The van der Waals surface area contributed by atoms with Crippen LogP contribution in [0, 0.1) is 5.92 Å². The second kappa shape index (κ2) is 12.7.